The molecule has 2 heterocycles. The van der Waals surface area contributed by atoms with Crippen LogP contribution in [-0.2, 0) is 16.4 Å². The molecular weight excluding hydrogens is 342 g/mol. The number of aromatic nitrogens is 4. The average molecular weight is 361 g/mol. The maximum absolute atomic E-state index is 12.3. The molecule has 0 amide bonds. The number of aryl methyl sites for hydroxylation is 3. The third-order valence-electron chi connectivity index (χ3n) is 3.74. The molecule has 132 valence electrons. The van der Waals surface area contributed by atoms with E-state index in [1.807, 2.05) is 31.2 Å². The van der Waals surface area contributed by atoms with Gasteiger partial charge in [0.05, 0.1) is 11.4 Å². The van der Waals surface area contributed by atoms with Gasteiger partial charge in [0.2, 0.25) is 21.7 Å². The van der Waals surface area contributed by atoms with Gasteiger partial charge in [0.15, 0.2) is 0 Å². The first kappa shape index (κ1) is 17.3. The van der Waals surface area contributed by atoms with Crippen molar-refractivity contribution in [1.82, 2.24) is 25.1 Å². The summed E-state index contributed by atoms with van der Waals surface area (Å²) in [7, 11) is -3.63. The molecule has 3 aromatic rings. The van der Waals surface area contributed by atoms with Crippen molar-refractivity contribution >= 4 is 10.0 Å². The Labute approximate surface area is 145 Å². The maximum atomic E-state index is 12.3. The van der Waals surface area contributed by atoms with Crippen molar-refractivity contribution in [3.8, 4) is 11.4 Å². The number of rotatable bonds is 6. The molecule has 0 bridgehead atoms. The lowest BCUT2D eigenvalue weighted by atomic mass is 10.1. The summed E-state index contributed by atoms with van der Waals surface area (Å²) in [5.74, 6) is 0.860. The summed E-state index contributed by atoms with van der Waals surface area (Å²) in [5.41, 5.74) is 2.94. The van der Waals surface area contributed by atoms with E-state index in [1.165, 1.54) is 0 Å². The normalized spacial score (nSPS) is 11.8. The summed E-state index contributed by atoms with van der Waals surface area (Å²) >= 11 is 0. The van der Waals surface area contributed by atoms with Crippen LogP contribution < -0.4 is 4.72 Å². The Morgan fingerprint density at radius 2 is 1.88 bits per heavy atom. The van der Waals surface area contributed by atoms with Crippen LogP contribution in [0.1, 0.15) is 22.8 Å². The molecule has 2 aromatic heterocycles. The van der Waals surface area contributed by atoms with Crippen LogP contribution in [0.25, 0.3) is 11.4 Å². The molecule has 3 rings (SSSR count). The zero-order valence-corrected chi connectivity index (χ0v) is 15.0. The number of H-pyrrole nitrogens is 1. The summed E-state index contributed by atoms with van der Waals surface area (Å²) < 4.78 is 32.4. The number of sulfonamides is 1. The van der Waals surface area contributed by atoms with Crippen LogP contribution in [0.2, 0.25) is 0 Å². The monoisotopic (exact) mass is 361 g/mol. The van der Waals surface area contributed by atoms with Gasteiger partial charge >= 0.3 is 0 Å². The first-order valence-corrected chi connectivity index (χ1v) is 9.26. The summed E-state index contributed by atoms with van der Waals surface area (Å²) in [6.07, 6.45) is 0.300. The van der Waals surface area contributed by atoms with E-state index in [9.17, 15) is 8.42 Å². The molecule has 0 spiro atoms. The molecule has 0 aliphatic heterocycles. The van der Waals surface area contributed by atoms with E-state index in [1.54, 1.807) is 13.8 Å². The van der Waals surface area contributed by atoms with Crippen molar-refractivity contribution in [2.45, 2.75) is 32.1 Å². The van der Waals surface area contributed by atoms with Crippen LogP contribution in [0, 0.1) is 20.8 Å². The van der Waals surface area contributed by atoms with Crippen LogP contribution in [0.3, 0.4) is 0 Å². The third kappa shape index (κ3) is 3.77. The maximum Gasteiger partial charge on any atom is 0.244 e. The lowest BCUT2D eigenvalue weighted by Crippen LogP contribution is -2.27. The highest BCUT2D eigenvalue weighted by atomic mass is 32.2. The highest BCUT2D eigenvalue weighted by molar-refractivity contribution is 7.89. The Morgan fingerprint density at radius 3 is 2.52 bits per heavy atom. The topological polar surface area (TPSA) is 114 Å². The van der Waals surface area contributed by atoms with E-state index in [0.29, 0.717) is 29.5 Å². The second-order valence-electron chi connectivity index (χ2n) is 5.79. The minimum absolute atomic E-state index is 0.155. The van der Waals surface area contributed by atoms with Crippen LogP contribution >= 0.6 is 0 Å². The van der Waals surface area contributed by atoms with E-state index in [-0.39, 0.29) is 11.4 Å². The Balaban J connectivity index is 1.64. The molecule has 0 saturated heterocycles. The number of aromatic amines is 1. The van der Waals surface area contributed by atoms with Gasteiger partial charge in [-0.05, 0) is 20.8 Å². The van der Waals surface area contributed by atoms with E-state index >= 15 is 0 Å². The first-order valence-electron chi connectivity index (χ1n) is 7.77. The molecule has 1 aromatic carbocycles. The zero-order chi connectivity index (χ0) is 18.0. The molecule has 8 nitrogen and oxygen atoms in total. The van der Waals surface area contributed by atoms with Crippen molar-refractivity contribution in [3.63, 3.8) is 0 Å². The van der Waals surface area contributed by atoms with Gasteiger partial charge in [-0.3, -0.25) is 5.10 Å². The summed E-state index contributed by atoms with van der Waals surface area (Å²) in [6.45, 7) is 5.47. The molecule has 25 heavy (non-hydrogen) atoms. The van der Waals surface area contributed by atoms with Crippen LogP contribution in [0.4, 0.5) is 0 Å². The highest BCUT2D eigenvalue weighted by Gasteiger charge is 2.22. The fraction of sp³-hybridized carbons (Fsp3) is 0.312. The van der Waals surface area contributed by atoms with Crippen molar-refractivity contribution < 1.29 is 12.9 Å². The predicted octanol–water partition coefficient (Wildman–Crippen LogP) is 1.91. The molecule has 0 unspecified atom stereocenters. The smallest absolute Gasteiger partial charge is 0.244 e. The molecule has 0 aliphatic rings. The number of nitrogens with zero attached hydrogens (tertiary/aromatic N) is 3. The zero-order valence-electron chi connectivity index (χ0n) is 14.2. The Hall–Kier alpha value is -2.52. The van der Waals surface area contributed by atoms with Gasteiger partial charge < -0.3 is 4.52 Å². The number of hydrogen-bond acceptors (Lipinski definition) is 6. The predicted molar refractivity (Wildman–Crippen MR) is 91.4 cm³/mol. The lowest BCUT2D eigenvalue weighted by Gasteiger charge is -2.05. The van der Waals surface area contributed by atoms with Crippen molar-refractivity contribution in [3.05, 3.63) is 47.1 Å². The van der Waals surface area contributed by atoms with Crippen LogP contribution in [0.5, 0.6) is 0 Å². The van der Waals surface area contributed by atoms with Crippen LogP contribution in [0.15, 0.2) is 33.7 Å². The first-order chi connectivity index (χ1) is 11.9. The van der Waals surface area contributed by atoms with Gasteiger partial charge in [-0.1, -0.05) is 35.0 Å². The second-order valence-corrected chi connectivity index (χ2v) is 7.49. The van der Waals surface area contributed by atoms with Crippen LogP contribution in [-0.4, -0.2) is 35.3 Å². The molecule has 0 fully saturated rings. The molecular formula is C16H19N5O3S. The second kappa shape index (κ2) is 6.77. The highest BCUT2D eigenvalue weighted by Crippen LogP contribution is 2.17. The van der Waals surface area contributed by atoms with E-state index < -0.39 is 10.0 Å². The molecule has 0 aliphatic carbocycles. The minimum atomic E-state index is -3.63. The quantitative estimate of drug-likeness (QED) is 0.693. The van der Waals surface area contributed by atoms with Crippen molar-refractivity contribution in [2.24, 2.45) is 0 Å². The summed E-state index contributed by atoms with van der Waals surface area (Å²) in [4.78, 5) is 4.48. The fourth-order valence-corrected chi connectivity index (χ4v) is 3.88. The Bertz CT molecular complexity index is 954. The lowest BCUT2D eigenvalue weighted by molar-refractivity contribution is 0.379. The van der Waals surface area contributed by atoms with Gasteiger partial charge in [0.1, 0.15) is 4.90 Å². The fourth-order valence-electron chi connectivity index (χ4n) is 2.48. The van der Waals surface area contributed by atoms with E-state index in [0.717, 1.165) is 11.1 Å². The Kier molecular flexibility index (Phi) is 4.69. The van der Waals surface area contributed by atoms with Gasteiger partial charge in [0, 0.05) is 18.5 Å². The molecule has 0 radical (unpaired) electrons. The van der Waals surface area contributed by atoms with Gasteiger partial charge in [0.25, 0.3) is 0 Å². The van der Waals surface area contributed by atoms with Gasteiger partial charge in [-0.15, -0.1) is 0 Å². The van der Waals surface area contributed by atoms with E-state index in [2.05, 4.69) is 25.1 Å². The molecule has 2 N–H and O–H groups in total. The largest absolute Gasteiger partial charge is 0.339 e. The molecule has 9 heteroatoms. The molecule has 0 saturated carbocycles. The minimum Gasteiger partial charge on any atom is -0.339 e. The summed E-state index contributed by atoms with van der Waals surface area (Å²) in [6, 6.07) is 7.76. The third-order valence-corrected chi connectivity index (χ3v) is 5.46. The summed E-state index contributed by atoms with van der Waals surface area (Å²) in [5, 5.41) is 10.5. The SMILES string of the molecule is Cc1ccc(-c2noc(CCNS(=O)(=O)c3c(C)n[nH]c3C)n2)cc1. The number of nitrogens with one attached hydrogen (secondary N) is 2. The van der Waals surface area contributed by atoms with Gasteiger partial charge in [-0.2, -0.15) is 10.1 Å². The number of benzene rings is 1. The Morgan fingerprint density at radius 1 is 1.16 bits per heavy atom. The van der Waals surface area contributed by atoms with Crippen molar-refractivity contribution in [1.29, 1.82) is 0 Å². The standard InChI is InChI=1S/C16H19N5O3S/c1-10-4-6-13(7-5-10)16-18-14(24-21-16)8-9-17-25(22,23)15-11(2)19-20-12(15)3/h4-7,17H,8-9H2,1-3H3,(H,19,20). The van der Waals surface area contributed by atoms with Gasteiger partial charge in [-0.25, -0.2) is 13.1 Å². The molecule has 0 atom stereocenters. The van der Waals surface area contributed by atoms with E-state index in [4.69, 9.17) is 4.52 Å². The number of hydrogen-bond donors (Lipinski definition) is 2. The average Bonchev–Trinajstić information content (AvgIpc) is 3.15. The van der Waals surface area contributed by atoms with Crippen molar-refractivity contribution in [2.75, 3.05) is 6.54 Å².